The van der Waals surface area contributed by atoms with Crippen LogP contribution < -0.4 is 20.1 Å². The fourth-order valence-corrected chi connectivity index (χ4v) is 5.34. The van der Waals surface area contributed by atoms with Crippen molar-refractivity contribution in [1.82, 2.24) is 15.5 Å². The third-order valence-electron chi connectivity index (χ3n) is 7.19. The first-order valence-electron chi connectivity index (χ1n) is 14.5. The smallest absolute Gasteiger partial charge is 0.336 e. The van der Waals surface area contributed by atoms with Gasteiger partial charge in [-0.15, -0.1) is 0 Å². The minimum Gasteiger partial charge on any atom is -0.493 e. The standard InChI is InChI=1S/C32H42N4O9/c1-7-44-31(40)29-24(34-20(2)27(30(38)39)28(29)21-11-10-12-22(15-21)36(41)42)17-35(5)19-32(3,4)33-16-23(37)18-45-26-14-9-8-13-25(26)43-6/h8-15,23,28,33-34,37H,7,16-19H2,1-6H3,(H,38,39). The minimum atomic E-state index is -1.26. The molecule has 2 aromatic rings. The van der Waals surface area contributed by atoms with Gasteiger partial charge in [-0.05, 0) is 52.4 Å². The molecule has 0 amide bonds. The molecule has 13 heteroatoms. The molecule has 45 heavy (non-hydrogen) atoms. The lowest BCUT2D eigenvalue weighted by Crippen LogP contribution is -2.51. The van der Waals surface area contributed by atoms with Crippen LogP contribution in [0.4, 0.5) is 5.69 Å². The van der Waals surface area contributed by atoms with Gasteiger partial charge in [-0.1, -0.05) is 24.3 Å². The predicted octanol–water partition coefficient (Wildman–Crippen LogP) is 3.21. The first-order valence-corrected chi connectivity index (χ1v) is 14.5. The van der Waals surface area contributed by atoms with E-state index in [1.165, 1.54) is 18.2 Å². The number of aliphatic carboxylic acids is 1. The van der Waals surface area contributed by atoms with Crippen LogP contribution in [0.1, 0.15) is 39.2 Å². The predicted molar refractivity (Wildman–Crippen MR) is 167 cm³/mol. The number of carbonyl (C=O) groups excluding carboxylic acids is 1. The van der Waals surface area contributed by atoms with Crippen molar-refractivity contribution in [2.24, 2.45) is 0 Å². The Kier molecular flexibility index (Phi) is 12.1. The molecule has 0 bridgehead atoms. The summed E-state index contributed by atoms with van der Waals surface area (Å²) in [5.74, 6) is -1.98. The van der Waals surface area contributed by atoms with Gasteiger partial charge in [-0.25, -0.2) is 9.59 Å². The number of benzene rings is 2. The number of nitrogens with one attached hydrogen (secondary N) is 2. The van der Waals surface area contributed by atoms with Gasteiger partial charge in [0.1, 0.15) is 12.7 Å². The highest BCUT2D eigenvalue weighted by Gasteiger charge is 2.39. The van der Waals surface area contributed by atoms with E-state index in [0.29, 0.717) is 29.4 Å². The van der Waals surface area contributed by atoms with Crippen LogP contribution in [0.15, 0.2) is 71.1 Å². The second-order valence-corrected chi connectivity index (χ2v) is 11.4. The molecule has 2 aromatic carbocycles. The number of esters is 1. The average Bonchev–Trinajstić information content (AvgIpc) is 2.98. The van der Waals surface area contributed by atoms with Crippen LogP contribution >= 0.6 is 0 Å². The minimum absolute atomic E-state index is 0.0511. The number of aliphatic hydroxyl groups is 1. The fraction of sp³-hybridized carbons (Fsp3) is 0.438. The molecule has 4 N–H and O–H groups in total. The Morgan fingerprint density at radius 1 is 1.16 bits per heavy atom. The number of non-ortho nitro benzene ring substituents is 1. The van der Waals surface area contributed by atoms with E-state index in [9.17, 15) is 29.9 Å². The van der Waals surface area contributed by atoms with E-state index in [1.54, 1.807) is 39.2 Å². The zero-order chi connectivity index (χ0) is 33.3. The van der Waals surface area contributed by atoms with Gasteiger partial charge < -0.3 is 35.1 Å². The van der Waals surface area contributed by atoms with Crippen LogP contribution in [0.5, 0.6) is 11.5 Å². The van der Waals surface area contributed by atoms with Gasteiger partial charge in [0.2, 0.25) is 0 Å². The highest BCUT2D eigenvalue weighted by molar-refractivity contribution is 5.99. The number of methoxy groups -OCH3 is 1. The van der Waals surface area contributed by atoms with E-state index in [4.69, 9.17) is 14.2 Å². The molecule has 0 saturated carbocycles. The summed E-state index contributed by atoms with van der Waals surface area (Å²) >= 11 is 0. The number of nitro groups is 1. The Bertz CT molecular complexity index is 1450. The number of β-amino-alcohol motifs (C(OH)–C–C–N with tert-alkyl or cyclic N) is 1. The molecule has 0 aromatic heterocycles. The SMILES string of the molecule is CCOC(=O)C1=C(CN(C)CC(C)(C)NCC(O)COc2ccccc2OC)NC(C)=C(C(=O)O)C1c1cccc([N+](=O)[O-])c1. The zero-order valence-corrected chi connectivity index (χ0v) is 26.5. The third-order valence-corrected chi connectivity index (χ3v) is 7.19. The van der Waals surface area contributed by atoms with E-state index in [-0.39, 0.29) is 48.7 Å². The van der Waals surface area contributed by atoms with Crippen molar-refractivity contribution in [2.75, 3.05) is 47.0 Å². The number of allylic oxidation sites excluding steroid dienone is 1. The van der Waals surface area contributed by atoms with Crippen molar-refractivity contribution in [3.63, 3.8) is 0 Å². The summed E-state index contributed by atoms with van der Waals surface area (Å²) in [6.45, 7) is 8.18. The largest absolute Gasteiger partial charge is 0.493 e. The molecule has 1 aliphatic rings. The lowest BCUT2D eigenvalue weighted by atomic mass is 9.80. The Hall–Kier alpha value is -4.46. The third kappa shape index (κ3) is 9.27. The summed E-state index contributed by atoms with van der Waals surface area (Å²) in [6, 6.07) is 12.8. The number of carboxylic acid groups (broad SMARTS) is 1. The molecule has 13 nitrogen and oxygen atoms in total. The van der Waals surface area contributed by atoms with E-state index < -0.39 is 34.4 Å². The maximum atomic E-state index is 13.4. The lowest BCUT2D eigenvalue weighted by molar-refractivity contribution is -0.384. The van der Waals surface area contributed by atoms with Crippen LogP contribution in [-0.4, -0.2) is 90.6 Å². The van der Waals surface area contributed by atoms with E-state index in [1.807, 2.05) is 37.9 Å². The number of nitro benzene ring substituents is 1. The molecule has 0 saturated heterocycles. The number of dihydropyridines is 1. The number of hydrogen-bond acceptors (Lipinski definition) is 11. The van der Waals surface area contributed by atoms with Crippen LogP contribution in [-0.2, 0) is 14.3 Å². The maximum absolute atomic E-state index is 13.4. The molecular formula is C32H42N4O9. The van der Waals surface area contributed by atoms with Gasteiger partial charge in [-0.3, -0.25) is 15.0 Å². The Morgan fingerprint density at radius 3 is 2.47 bits per heavy atom. The highest BCUT2D eigenvalue weighted by atomic mass is 16.6. The Balaban J connectivity index is 1.80. The number of aliphatic hydroxyl groups excluding tert-OH is 1. The number of para-hydroxylation sites is 2. The van der Waals surface area contributed by atoms with Gasteiger partial charge in [0.15, 0.2) is 11.5 Å². The quantitative estimate of drug-likeness (QED) is 0.122. The maximum Gasteiger partial charge on any atom is 0.336 e. The summed E-state index contributed by atoms with van der Waals surface area (Å²) in [5, 5.41) is 38.7. The van der Waals surface area contributed by atoms with E-state index >= 15 is 0 Å². The van der Waals surface area contributed by atoms with E-state index in [0.717, 1.165) is 0 Å². The molecule has 0 aliphatic carbocycles. The van der Waals surface area contributed by atoms with Crippen molar-refractivity contribution in [3.8, 4) is 11.5 Å². The second kappa shape index (κ2) is 15.5. The first kappa shape index (κ1) is 35.0. The first-order chi connectivity index (χ1) is 21.3. The normalized spacial score (nSPS) is 15.9. The number of nitrogens with zero attached hydrogens (tertiary/aromatic N) is 2. The lowest BCUT2D eigenvalue weighted by Gasteiger charge is -2.35. The second-order valence-electron chi connectivity index (χ2n) is 11.4. The number of hydrogen-bond donors (Lipinski definition) is 4. The molecule has 2 unspecified atom stereocenters. The molecular weight excluding hydrogens is 584 g/mol. The molecule has 0 spiro atoms. The summed E-state index contributed by atoms with van der Waals surface area (Å²) < 4.78 is 16.4. The van der Waals surface area contributed by atoms with Crippen molar-refractivity contribution < 1.29 is 38.9 Å². The van der Waals surface area contributed by atoms with Gasteiger partial charge >= 0.3 is 11.9 Å². The van der Waals surface area contributed by atoms with Crippen molar-refractivity contribution in [3.05, 3.63) is 86.7 Å². The van der Waals surface area contributed by atoms with Gasteiger partial charge in [0.25, 0.3) is 5.69 Å². The van der Waals surface area contributed by atoms with Crippen LogP contribution in [0.3, 0.4) is 0 Å². The Morgan fingerprint density at radius 2 is 1.84 bits per heavy atom. The topological polar surface area (TPSA) is 173 Å². The number of carbonyl (C=O) groups is 2. The molecule has 244 valence electrons. The van der Waals surface area contributed by atoms with Crippen LogP contribution in [0.2, 0.25) is 0 Å². The molecule has 0 fully saturated rings. The molecule has 1 aliphatic heterocycles. The van der Waals surface area contributed by atoms with Crippen molar-refractivity contribution in [2.45, 2.75) is 45.3 Å². The summed E-state index contributed by atoms with van der Waals surface area (Å²) in [7, 11) is 3.39. The van der Waals surface area contributed by atoms with E-state index in [2.05, 4.69) is 10.6 Å². The van der Waals surface area contributed by atoms with Crippen LogP contribution in [0.25, 0.3) is 0 Å². The van der Waals surface area contributed by atoms with Gasteiger partial charge in [-0.2, -0.15) is 0 Å². The number of likely N-dealkylation sites (N-methyl/N-ethyl adjacent to an activating group) is 1. The van der Waals surface area contributed by atoms with Gasteiger partial charge in [0, 0.05) is 48.7 Å². The fourth-order valence-electron chi connectivity index (χ4n) is 5.34. The molecule has 2 atom stereocenters. The summed E-state index contributed by atoms with van der Waals surface area (Å²) in [5.41, 5.74) is 0.270. The molecule has 0 radical (unpaired) electrons. The number of ether oxygens (including phenoxy) is 3. The summed E-state index contributed by atoms with van der Waals surface area (Å²) in [4.78, 5) is 38.7. The van der Waals surface area contributed by atoms with Crippen molar-refractivity contribution >= 4 is 17.6 Å². The Labute approximate surface area is 262 Å². The summed E-state index contributed by atoms with van der Waals surface area (Å²) in [6.07, 6.45) is -0.810. The average molecular weight is 627 g/mol. The zero-order valence-electron chi connectivity index (χ0n) is 26.5. The highest BCUT2D eigenvalue weighted by Crippen LogP contribution is 2.40. The van der Waals surface area contributed by atoms with Gasteiger partial charge in [0.05, 0.1) is 35.7 Å². The number of carboxylic acids is 1. The van der Waals surface area contributed by atoms with Crippen molar-refractivity contribution in [1.29, 1.82) is 0 Å². The molecule has 1 heterocycles. The monoisotopic (exact) mass is 626 g/mol. The number of rotatable bonds is 16. The van der Waals surface area contributed by atoms with Crippen LogP contribution in [0, 0.1) is 10.1 Å². The molecule has 3 rings (SSSR count).